The Morgan fingerprint density at radius 1 is 1.42 bits per heavy atom. The summed E-state index contributed by atoms with van der Waals surface area (Å²) in [6, 6.07) is 0. The van der Waals surface area contributed by atoms with Crippen molar-refractivity contribution in [3.05, 3.63) is 12.7 Å². The van der Waals surface area contributed by atoms with Crippen LogP contribution in [-0.4, -0.2) is 51.1 Å². The highest BCUT2D eigenvalue weighted by Gasteiger charge is 2.06. The van der Waals surface area contributed by atoms with Crippen molar-refractivity contribution in [2.45, 2.75) is 32.1 Å². The third-order valence-electron chi connectivity index (χ3n) is 2.82. The molecule has 0 fully saturated rings. The first-order chi connectivity index (χ1) is 9.15. The second kappa shape index (κ2) is 11.6. The normalized spacial score (nSPS) is 11.0. The molecule has 0 aliphatic rings. The van der Waals surface area contributed by atoms with Crippen molar-refractivity contribution in [1.82, 2.24) is 10.2 Å². The maximum atomic E-state index is 11.0. The van der Waals surface area contributed by atoms with E-state index in [9.17, 15) is 4.79 Å². The van der Waals surface area contributed by atoms with Gasteiger partial charge in [0.15, 0.2) is 5.96 Å². The zero-order valence-electron chi connectivity index (χ0n) is 12.4. The first-order valence-corrected chi connectivity index (χ1v) is 6.75. The van der Waals surface area contributed by atoms with E-state index in [0.29, 0.717) is 13.0 Å². The third-order valence-corrected chi connectivity index (χ3v) is 2.82. The Morgan fingerprint density at radius 2 is 2.16 bits per heavy atom. The van der Waals surface area contributed by atoms with Gasteiger partial charge in [-0.3, -0.25) is 9.79 Å². The van der Waals surface area contributed by atoms with Gasteiger partial charge in [0.25, 0.3) is 0 Å². The third kappa shape index (κ3) is 9.11. The van der Waals surface area contributed by atoms with Gasteiger partial charge in [-0.1, -0.05) is 12.5 Å². The van der Waals surface area contributed by atoms with Crippen molar-refractivity contribution >= 4 is 11.9 Å². The average molecular weight is 269 g/mol. The number of carbonyl (C=O) groups is 1. The monoisotopic (exact) mass is 269 g/mol. The average Bonchev–Trinajstić information content (AvgIpc) is 2.42. The second-order valence-electron chi connectivity index (χ2n) is 4.36. The Labute approximate surface area is 116 Å². The smallest absolute Gasteiger partial charge is 0.307 e. The number of allylic oxidation sites excluding steroid dienone is 1. The van der Waals surface area contributed by atoms with E-state index in [4.69, 9.17) is 0 Å². The number of nitrogens with one attached hydrogen (secondary N) is 1. The van der Waals surface area contributed by atoms with Crippen LogP contribution in [0.5, 0.6) is 0 Å². The summed E-state index contributed by atoms with van der Waals surface area (Å²) in [5, 5.41) is 3.15. The standard InChI is InChI=1S/C14H27N3O2/c1-5-6-7-8-9-12-17(3)14(15-2)16-11-10-13(18)19-4/h5H,1,6-12H2,2-4H3,(H,15,16). The molecule has 0 radical (unpaired) electrons. The molecule has 0 amide bonds. The van der Waals surface area contributed by atoms with Gasteiger partial charge in [0.05, 0.1) is 13.5 Å². The van der Waals surface area contributed by atoms with E-state index >= 15 is 0 Å². The topological polar surface area (TPSA) is 53.9 Å². The van der Waals surface area contributed by atoms with E-state index in [1.54, 1.807) is 7.05 Å². The van der Waals surface area contributed by atoms with E-state index in [-0.39, 0.29) is 5.97 Å². The summed E-state index contributed by atoms with van der Waals surface area (Å²) in [6.07, 6.45) is 6.89. The van der Waals surface area contributed by atoms with E-state index in [0.717, 1.165) is 25.3 Å². The summed E-state index contributed by atoms with van der Waals surface area (Å²) in [5.41, 5.74) is 0. The maximum Gasteiger partial charge on any atom is 0.307 e. The van der Waals surface area contributed by atoms with Gasteiger partial charge >= 0.3 is 5.97 Å². The molecule has 0 aromatic heterocycles. The number of hydrogen-bond donors (Lipinski definition) is 1. The Morgan fingerprint density at radius 3 is 2.74 bits per heavy atom. The van der Waals surface area contributed by atoms with Gasteiger partial charge in [-0.05, 0) is 19.3 Å². The molecule has 0 aromatic carbocycles. The molecule has 0 rings (SSSR count). The van der Waals surface area contributed by atoms with E-state index in [2.05, 4.69) is 26.5 Å². The van der Waals surface area contributed by atoms with Crippen molar-refractivity contribution in [2.24, 2.45) is 4.99 Å². The molecule has 0 saturated carbocycles. The van der Waals surface area contributed by atoms with Gasteiger partial charge in [0.2, 0.25) is 0 Å². The largest absolute Gasteiger partial charge is 0.469 e. The van der Waals surface area contributed by atoms with Crippen LogP contribution in [0.25, 0.3) is 0 Å². The summed E-state index contributed by atoms with van der Waals surface area (Å²) in [6.45, 7) is 5.21. The van der Waals surface area contributed by atoms with Gasteiger partial charge in [-0.25, -0.2) is 0 Å². The predicted octanol–water partition coefficient (Wildman–Crippen LogP) is 1.80. The lowest BCUT2D eigenvalue weighted by atomic mass is 10.2. The molecule has 0 saturated heterocycles. The minimum atomic E-state index is -0.213. The summed E-state index contributed by atoms with van der Waals surface area (Å²) < 4.78 is 4.59. The number of hydrogen-bond acceptors (Lipinski definition) is 3. The van der Waals surface area contributed by atoms with Crippen LogP contribution in [0.3, 0.4) is 0 Å². The molecule has 1 N–H and O–H groups in total. The molecule has 0 aliphatic carbocycles. The summed E-state index contributed by atoms with van der Waals surface area (Å²) in [7, 11) is 5.14. The number of methoxy groups -OCH3 is 1. The molecule has 0 atom stereocenters. The zero-order chi connectivity index (χ0) is 14.5. The Kier molecular flexibility index (Phi) is 10.6. The number of carbonyl (C=O) groups excluding carboxylic acids is 1. The fourth-order valence-electron chi connectivity index (χ4n) is 1.68. The van der Waals surface area contributed by atoms with Gasteiger partial charge in [-0.2, -0.15) is 0 Å². The predicted molar refractivity (Wildman–Crippen MR) is 79.3 cm³/mol. The molecule has 0 aliphatic heterocycles. The first-order valence-electron chi connectivity index (χ1n) is 6.75. The highest BCUT2D eigenvalue weighted by molar-refractivity contribution is 5.80. The van der Waals surface area contributed by atoms with Crippen LogP contribution in [-0.2, 0) is 9.53 Å². The fourth-order valence-corrected chi connectivity index (χ4v) is 1.68. The van der Waals surface area contributed by atoms with Crippen molar-refractivity contribution < 1.29 is 9.53 Å². The van der Waals surface area contributed by atoms with Gasteiger partial charge in [0.1, 0.15) is 0 Å². The molecule has 19 heavy (non-hydrogen) atoms. The number of rotatable bonds is 9. The lowest BCUT2D eigenvalue weighted by molar-refractivity contribution is -0.140. The highest BCUT2D eigenvalue weighted by Crippen LogP contribution is 2.01. The quantitative estimate of drug-likeness (QED) is 0.228. The van der Waals surface area contributed by atoms with Gasteiger partial charge in [-0.15, -0.1) is 6.58 Å². The molecule has 0 heterocycles. The van der Waals surface area contributed by atoms with E-state index < -0.39 is 0 Å². The highest BCUT2D eigenvalue weighted by atomic mass is 16.5. The van der Waals surface area contributed by atoms with Crippen LogP contribution < -0.4 is 5.32 Å². The number of esters is 1. The number of nitrogens with zero attached hydrogens (tertiary/aromatic N) is 2. The number of aliphatic imine (C=N–C) groups is 1. The summed E-state index contributed by atoms with van der Waals surface area (Å²) in [5.74, 6) is 0.600. The number of guanidine groups is 1. The molecule has 110 valence electrons. The van der Waals surface area contributed by atoms with Gasteiger partial charge < -0.3 is 15.0 Å². The zero-order valence-corrected chi connectivity index (χ0v) is 12.4. The Hall–Kier alpha value is -1.52. The SMILES string of the molecule is C=CCCCCCN(C)C(=NC)NCCC(=O)OC. The first kappa shape index (κ1) is 17.5. The number of ether oxygens (including phenoxy) is 1. The molecule has 0 aromatic rings. The van der Waals surface area contributed by atoms with Crippen LogP contribution in [0.4, 0.5) is 0 Å². The van der Waals surface area contributed by atoms with E-state index in [1.807, 2.05) is 13.1 Å². The van der Waals surface area contributed by atoms with Crippen LogP contribution in [0.1, 0.15) is 32.1 Å². The lowest BCUT2D eigenvalue weighted by Crippen LogP contribution is -2.40. The van der Waals surface area contributed by atoms with Crippen LogP contribution in [0.15, 0.2) is 17.6 Å². The van der Waals surface area contributed by atoms with Crippen molar-refractivity contribution in [1.29, 1.82) is 0 Å². The Bertz CT molecular complexity index is 290. The van der Waals surface area contributed by atoms with Crippen molar-refractivity contribution in [3.8, 4) is 0 Å². The fraction of sp³-hybridized carbons (Fsp3) is 0.714. The molecular formula is C14H27N3O2. The maximum absolute atomic E-state index is 11.0. The summed E-state index contributed by atoms with van der Waals surface area (Å²) in [4.78, 5) is 17.3. The molecule has 0 unspecified atom stereocenters. The van der Waals surface area contributed by atoms with Crippen molar-refractivity contribution in [3.63, 3.8) is 0 Å². The lowest BCUT2D eigenvalue weighted by Gasteiger charge is -2.21. The van der Waals surface area contributed by atoms with E-state index in [1.165, 1.54) is 20.0 Å². The van der Waals surface area contributed by atoms with Crippen LogP contribution in [0.2, 0.25) is 0 Å². The molecule has 5 nitrogen and oxygen atoms in total. The minimum absolute atomic E-state index is 0.213. The van der Waals surface area contributed by atoms with Crippen LogP contribution in [0, 0.1) is 0 Å². The Balaban J connectivity index is 3.82. The second-order valence-corrected chi connectivity index (χ2v) is 4.36. The van der Waals surface area contributed by atoms with Gasteiger partial charge in [0, 0.05) is 27.2 Å². The van der Waals surface area contributed by atoms with Crippen molar-refractivity contribution in [2.75, 3.05) is 34.3 Å². The molecule has 5 heteroatoms. The molecule has 0 spiro atoms. The molecule has 0 bridgehead atoms. The molecular weight excluding hydrogens is 242 g/mol. The summed E-state index contributed by atoms with van der Waals surface area (Å²) >= 11 is 0. The minimum Gasteiger partial charge on any atom is -0.469 e. The number of unbranched alkanes of at least 4 members (excludes halogenated alkanes) is 3. The van der Waals surface area contributed by atoms with Crippen LogP contribution >= 0.6 is 0 Å².